The molecule has 1 saturated heterocycles. The van der Waals surface area contributed by atoms with Crippen LogP contribution in [0.15, 0.2) is 25.7 Å². The summed E-state index contributed by atoms with van der Waals surface area (Å²) in [6.07, 6.45) is 3.95. The molecule has 19 heavy (non-hydrogen) atoms. The Morgan fingerprint density at radius 2 is 2.26 bits per heavy atom. The van der Waals surface area contributed by atoms with Crippen LogP contribution < -0.4 is 5.32 Å². The van der Waals surface area contributed by atoms with Gasteiger partial charge in [-0.15, -0.1) is 0 Å². The summed E-state index contributed by atoms with van der Waals surface area (Å²) < 4.78 is 7.12. The summed E-state index contributed by atoms with van der Waals surface area (Å²) in [7, 11) is 0. The molecule has 0 amide bonds. The van der Waals surface area contributed by atoms with Gasteiger partial charge in [-0.25, -0.2) is 0 Å². The Bertz CT molecular complexity index is 581. The van der Waals surface area contributed by atoms with Gasteiger partial charge in [0.25, 0.3) is 0 Å². The molecule has 1 aliphatic heterocycles. The third kappa shape index (κ3) is 2.88. The Labute approximate surface area is 127 Å². The molecule has 100 valence electrons. The van der Waals surface area contributed by atoms with Crippen LogP contribution >= 0.6 is 31.9 Å². The van der Waals surface area contributed by atoms with E-state index in [0.29, 0.717) is 23.3 Å². The normalized spacial score (nSPS) is 19.6. The molecular formula is C12H12Br2N4O. The van der Waals surface area contributed by atoms with Crippen molar-refractivity contribution in [2.75, 3.05) is 13.1 Å². The molecule has 1 N–H and O–H groups in total. The number of pyridine rings is 1. The lowest BCUT2D eigenvalue weighted by molar-refractivity contribution is 0.322. The number of hydrogen-bond acceptors (Lipinski definition) is 5. The predicted molar refractivity (Wildman–Crippen MR) is 77.8 cm³/mol. The molecule has 0 aromatic carbocycles. The number of hydrogen-bond donors (Lipinski definition) is 1. The van der Waals surface area contributed by atoms with E-state index in [1.165, 1.54) is 0 Å². The maximum absolute atomic E-state index is 5.37. The number of aromatic nitrogens is 3. The number of rotatable bonds is 2. The first kappa shape index (κ1) is 13.2. The molecule has 0 radical (unpaired) electrons. The number of piperidine rings is 1. The highest BCUT2D eigenvalue weighted by Crippen LogP contribution is 2.28. The van der Waals surface area contributed by atoms with E-state index in [1.807, 2.05) is 6.07 Å². The first-order chi connectivity index (χ1) is 9.24. The second-order valence-corrected chi connectivity index (χ2v) is 6.25. The molecule has 0 bridgehead atoms. The van der Waals surface area contributed by atoms with Crippen molar-refractivity contribution in [3.05, 3.63) is 27.1 Å². The highest BCUT2D eigenvalue weighted by atomic mass is 79.9. The summed E-state index contributed by atoms with van der Waals surface area (Å²) in [6, 6.07) is 1.92. The van der Waals surface area contributed by atoms with E-state index in [2.05, 4.69) is 52.3 Å². The molecule has 0 spiro atoms. The second-order valence-electron chi connectivity index (χ2n) is 4.48. The van der Waals surface area contributed by atoms with Crippen LogP contribution in [0.5, 0.6) is 0 Å². The van der Waals surface area contributed by atoms with Crippen molar-refractivity contribution < 1.29 is 4.52 Å². The van der Waals surface area contributed by atoms with Crippen molar-refractivity contribution in [2.45, 2.75) is 18.8 Å². The van der Waals surface area contributed by atoms with Crippen LogP contribution in [0.1, 0.15) is 24.7 Å². The van der Waals surface area contributed by atoms with Gasteiger partial charge in [0.2, 0.25) is 11.7 Å². The van der Waals surface area contributed by atoms with Crippen molar-refractivity contribution >= 4 is 31.9 Å². The molecule has 0 saturated carbocycles. The van der Waals surface area contributed by atoms with Gasteiger partial charge < -0.3 is 9.84 Å². The summed E-state index contributed by atoms with van der Waals surface area (Å²) in [4.78, 5) is 8.78. The van der Waals surface area contributed by atoms with E-state index in [0.717, 1.165) is 34.9 Å². The molecule has 1 atom stereocenters. The molecule has 1 unspecified atom stereocenters. The summed E-state index contributed by atoms with van der Waals surface area (Å²) in [5, 5.41) is 7.37. The van der Waals surface area contributed by atoms with Crippen LogP contribution in [-0.4, -0.2) is 28.2 Å². The van der Waals surface area contributed by atoms with Gasteiger partial charge in [0, 0.05) is 21.7 Å². The van der Waals surface area contributed by atoms with Gasteiger partial charge in [0.05, 0.1) is 5.92 Å². The minimum atomic E-state index is 0.309. The van der Waals surface area contributed by atoms with E-state index in [1.54, 1.807) is 6.20 Å². The smallest absolute Gasteiger partial charge is 0.231 e. The van der Waals surface area contributed by atoms with Gasteiger partial charge in [-0.2, -0.15) is 4.98 Å². The number of nitrogens with zero attached hydrogens (tertiary/aromatic N) is 3. The minimum Gasteiger partial charge on any atom is -0.339 e. The first-order valence-electron chi connectivity index (χ1n) is 6.10. The zero-order valence-electron chi connectivity index (χ0n) is 10.1. The quantitative estimate of drug-likeness (QED) is 0.857. The van der Waals surface area contributed by atoms with E-state index in [9.17, 15) is 0 Å². The summed E-state index contributed by atoms with van der Waals surface area (Å²) in [5.41, 5.74) is 0.696. The largest absolute Gasteiger partial charge is 0.339 e. The molecule has 1 aliphatic rings. The summed E-state index contributed by atoms with van der Waals surface area (Å²) in [5.74, 6) is 1.53. The van der Waals surface area contributed by atoms with Crippen LogP contribution in [-0.2, 0) is 0 Å². The van der Waals surface area contributed by atoms with Crippen molar-refractivity contribution in [3.63, 3.8) is 0 Å². The summed E-state index contributed by atoms with van der Waals surface area (Å²) >= 11 is 6.83. The molecular weight excluding hydrogens is 376 g/mol. The van der Waals surface area contributed by atoms with E-state index >= 15 is 0 Å². The Kier molecular flexibility index (Phi) is 3.95. The van der Waals surface area contributed by atoms with Gasteiger partial charge in [-0.1, -0.05) is 5.16 Å². The predicted octanol–water partition coefficient (Wildman–Crippen LogP) is 3.12. The zero-order valence-corrected chi connectivity index (χ0v) is 13.2. The average molecular weight is 388 g/mol. The maximum Gasteiger partial charge on any atom is 0.231 e. The van der Waals surface area contributed by atoms with Crippen molar-refractivity contribution in [3.8, 4) is 11.5 Å². The fraction of sp³-hybridized carbons (Fsp3) is 0.417. The molecule has 5 nitrogen and oxygen atoms in total. The Morgan fingerprint density at radius 1 is 1.37 bits per heavy atom. The van der Waals surface area contributed by atoms with Crippen molar-refractivity contribution in [1.82, 2.24) is 20.4 Å². The number of halogens is 2. The van der Waals surface area contributed by atoms with E-state index in [4.69, 9.17) is 4.52 Å². The monoisotopic (exact) mass is 386 g/mol. The average Bonchev–Trinajstić information content (AvgIpc) is 2.89. The Hall–Kier alpha value is -0.790. The van der Waals surface area contributed by atoms with Crippen molar-refractivity contribution in [2.24, 2.45) is 0 Å². The fourth-order valence-corrected chi connectivity index (χ4v) is 3.30. The van der Waals surface area contributed by atoms with E-state index < -0.39 is 0 Å². The molecule has 2 aromatic rings. The van der Waals surface area contributed by atoms with E-state index in [-0.39, 0.29) is 0 Å². The topological polar surface area (TPSA) is 63.8 Å². The van der Waals surface area contributed by atoms with Gasteiger partial charge in [0.15, 0.2) is 0 Å². The van der Waals surface area contributed by atoms with Crippen LogP contribution in [0.2, 0.25) is 0 Å². The lowest BCUT2D eigenvalue weighted by Gasteiger charge is -2.18. The SMILES string of the molecule is Brc1cnc(-c2noc(C3CCCNC3)n2)c(Br)c1. The minimum absolute atomic E-state index is 0.309. The summed E-state index contributed by atoms with van der Waals surface area (Å²) in [6.45, 7) is 1.97. The molecule has 7 heteroatoms. The van der Waals surface area contributed by atoms with Crippen LogP contribution in [0.3, 0.4) is 0 Å². The molecule has 3 rings (SSSR count). The van der Waals surface area contributed by atoms with Crippen LogP contribution in [0, 0.1) is 0 Å². The highest BCUT2D eigenvalue weighted by Gasteiger charge is 2.22. The molecule has 3 heterocycles. The third-order valence-electron chi connectivity index (χ3n) is 3.11. The first-order valence-corrected chi connectivity index (χ1v) is 7.68. The van der Waals surface area contributed by atoms with Gasteiger partial charge in [0.1, 0.15) is 5.69 Å². The number of nitrogens with one attached hydrogen (secondary N) is 1. The standard InChI is InChI=1S/C12H12Br2N4O/c13-8-4-9(14)10(16-6-8)11-17-12(19-18-11)7-2-1-3-15-5-7/h4,6-7,15H,1-3,5H2. The maximum atomic E-state index is 5.37. The highest BCUT2D eigenvalue weighted by molar-refractivity contribution is 9.11. The van der Waals surface area contributed by atoms with Gasteiger partial charge in [-0.3, -0.25) is 4.98 Å². The molecule has 2 aromatic heterocycles. The van der Waals surface area contributed by atoms with Crippen LogP contribution in [0.25, 0.3) is 11.5 Å². The second kappa shape index (κ2) is 5.68. The van der Waals surface area contributed by atoms with Crippen molar-refractivity contribution in [1.29, 1.82) is 0 Å². The molecule has 0 aliphatic carbocycles. The van der Waals surface area contributed by atoms with Gasteiger partial charge >= 0.3 is 0 Å². The fourth-order valence-electron chi connectivity index (χ4n) is 2.14. The third-order valence-corrected chi connectivity index (χ3v) is 4.15. The lowest BCUT2D eigenvalue weighted by Crippen LogP contribution is -2.28. The Morgan fingerprint density at radius 3 is 3.00 bits per heavy atom. The Balaban J connectivity index is 1.87. The lowest BCUT2D eigenvalue weighted by atomic mass is 10.00. The molecule has 1 fully saturated rings. The van der Waals surface area contributed by atoms with Crippen LogP contribution in [0.4, 0.5) is 0 Å². The zero-order chi connectivity index (χ0) is 13.2. The van der Waals surface area contributed by atoms with Gasteiger partial charge in [-0.05, 0) is 57.3 Å².